The zero-order chi connectivity index (χ0) is 17.2. The van der Waals surface area contributed by atoms with Crippen molar-refractivity contribution in [2.45, 2.75) is 44.8 Å². The maximum Gasteiger partial charge on any atom is 0.228 e. The normalized spacial score (nSPS) is 20.7. The molecule has 1 aliphatic heterocycles. The second-order valence-corrected chi connectivity index (χ2v) is 7.90. The Morgan fingerprint density at radius 1 is 1.24 bits per heavy atom. The summed E-state index contributed by atoms with van der Waals surface area (Å²) >= 11 is 1.65. The molecule has 4 rings (SSSR count). The van der Waals surface area contributed by atoms with E-state index in [1.165, 1.54) is 0 Å². The van der Waals surface area contributed by atoms with Crippen molar-refractivity contribution in [3.05, 3.63) is 46.5 Å². The third-order valence-corrected chi connectivity index (χ3v) is 5.81. The average molecular weight is 358 g/mol. The molecule has 5 nitrogen and oxygen atoms in total. The van der Waals surface area contributed by atoms with Gasteiger partial charge in [-0.05, 0) is 42.8 Å². The number of nitrogens with zero attached hydrogens (tertiary/aromatic N) is 2. The summed E-state index contributed by atoms with van der Waals surface area (Å²) in [6.07, 6.45) is 4.94. The van der Waals surface area contributed by atoms with Crippen LogP contribution in [-0.2, 0) is 22.7 Å². The minimum absolute atomic E-state index is 0.103. The first-order valence-electron chi connectivity index (χ1n) is 8.84. The van der Waals surface area contributed by atoms with Crippen molar-refractivity contribution in [2.75, 3.05) is 6.54 Å². The van der Waals surface area contributed by atoms with Gasteiger partial charge in [-0.15, -0.1) is 11.3 Å². The molecule has 0 bridgehead atoms. The van der Waals surface area contributed by atoms with Crippen LogP contribution in [0.1, 0.15) is 36.3 Å². The van der Waals surface area contributed by atoms with Gasteiger partial charge in [0.2, 0.25) is 11.8 Å². The highest BCUT2D eigenvalue weighted by Crippen LogP contribution is 2.32. The summed E-state index contributed by atoms with van der Waals surface area (Å²) in [5, 5.41) is 2.03. The molecule has 1 saturated carbocycles. The van der Waals surface area contributed by atoms with Gasteiger partial charge in [-0.3, -0.25) is 9.59 Å². The minimum Gasteiger partial charge on any atom is -0.467 e. The summed E-state index contributed by atoms with van der Waals surface area (Å²) in [6.45, 7) is 1.63. The zero-order valence-corrected chi connectivity index (χ0v) is 14.9. The van der Waals surface area contributed by atoms with Crippen LogP contribution in [-0.4, -0.2) is 34.2 Å². The number of amides is 2. The van der Waals surface area contributed by atoms with Gasteiger partial charge >= 0.3 is 0 Å². The number of furan rings is 1. The van der Waals surface area contributed by atoms with Crippen LogP contribution in [0.15, 0.2) is 40.3 Å². The first-order chi connectivity index (χ1) is 12.2. The van der Waals surface area contributed by atoms with Crippen LogP contribution >= 0.6 is 11.3 Å². The Labute approximate surface area is 151 Å². The summed E-state index contributed by atoms with van der Waals surface area (Å²) in [6, 6.07) is 8.17. The fourth-order valence-electron chi connectivity index (χ4n) is 3.46. The third kappa shape index (κ3) is 3.79. The molecule has 6 heteroatoms. The van der Waals surface area contributed by atoms with E-state index in [1.54, 1.807) is 17.6 Å². The van der Waals surface area contributed by atoms with Gasteiger partial charge in [0, 0.05) is 23.9 Å². The van der Waals surface area contributed by atoms with Gasteiger partial charge in [0.1, 0.15) is 5.76 Å². The Bertz CT molecular complexity index is 686. The van der Waals surface area contributed by atoms with Gasteiger partial charge in [-0.25, -0.2) is 0 Å². The van der Waals surface area contributed by atoms with Gasteiger partial charge in [-0.1, -0.05) is 6.07 Å². The van der Waals surface area contributed by atoms with Crippen LogP contribution in [0.2, 0.25) is 0 Å². The monoisotopic (exact) mass is 358 g/mol. The molecule has 0 spiro atoms. The van der Waals surface area contributed by atoms with Crippen LogP contribution in [0.25, 0.3) is 0 Å². The van der Waals surface area contributed by atoms with Crippen molar-refractivity contribution in [3.8, 4) is 0 Å². The molecule has 1 unspecified atom stereocenters. The van der Waals surface area contributed by atoms with Gasteiger partial charge in [0.05, 0.1) is 25.3 Å². The maximum absolute atomic E-state index is 13.2. The van der Waals surface area contributed by atoms with Crippen LogP contribution in [0.3, 0.4) is 0 Å². The topological polar surface area (TPSA) is 53.8 Å². The molecule has 1 aliphatic carbocycles. The Hall–Kier alpha value is -2.08. The van der Waals surface area contributed by atoms with Gasteiger partial charge in [-0.2, -0.15) is 0 Å². The number of likely N-dealkylation sites (tertiary alicyclic amines) is 1. The van der Waals surface area contributed by atoms with Crippen LogP contribution in [0.4, 0.5) is 0 Å². The standard InChI is InChI=1S/C19H22N2O3S/c22-18-8-5-14(11-21(18)15-6-7-15)19(23)20(12-16-3-1-9-24-16)13-17-4-2-10-25-17/h1-4,9-10,14-15H,5-8,11-13H2. The lowest BCUT2D eigenvalue weighted by molar-refractivity contribution is -0.144. The molecule has 0 N–H and O–H groups in total. The predicted octanol–water partition coefficient (Wildman–Crippen LogP) is 3.27. The first kappa shape index (κ1) is 16.4. The number of hydrogen-bond acceptors (Lipinski definition) is 4. The van der Waals surface area contributed by atoms with E-state index in [2.05, 4.69) is 0 Å². The van der Waals surface area contributed by atoms with E-state index in [0.717, 1.165) is 23.5 Å². The van der Waals surface area contributed by atoms with E-state index in [1.807, 2.05) is 39.4 Å². The van der Waals surface area contributed by atoms with E-state index in [-0.39, 0.29) is 17.7 Å². The molecule has 25 heavy (non-hydrogen) atoms. The van der Waals surface area contributed by atoms with Crippen LogP contribution in [0, 0.1) is 5.92 Å². The Kier molecular flexibility index (Phi) is 4.61. The lowest BCUT2D eigenvalue weighted by Gasteiger charge is -2.34. The molecule has 0 aromatic carbocycles. The van der Waals surface area contributed by atoms with Crippen molar-refractivity contribution < 1.29 is 14.0 Å². The van der Waals surface area contributed by atoms with Gasteiger partial charge in [0.25, 0.3) is 0 Å². The summed E-state index contributed by atoms with van der Waals surface area (Å²) in [5.74, 6) is 1.02. The quantitative estimate of drug-likeness (QED) is 0.796. The van der Waals surface area contributed by atoms with Crippen molar-refractivity contribution in [3.63, 3.8) is 0 Å². The van der Waals surface area contributed by atoms with E-state index in [4.69, 9.17) is 4.42 Å². The van der Waals surface area contributed by atoms with Crippen molar-refractivity contribution in [1.82, 2.24) is 9.80 Å². The minimum atomic E-state index is -0.103. The highest BCUT2D eigenvalue weighted by Gasteiger charge is 2.39. The van der Waals surface area contributed by atoms with Crippen molar-refractivity contribution in [1.29, 1.82) is 0 Å². The zero-order valence-electron chi connectivity index (χ0n) is 14.1. The SMILES string of the molecule is O=C(C1CCC(=O)N(C2CC2)C1)N(Cc1ccco1)Cc1cccs1. The molecule has 1 saturated heterocycles. The molecular weight excluding hydrogens is 336 g/mol. The predicted molar refractivity (Wildman–Crippen MR) is 94.7 cm³/mol. The largest absolute Gasteiger partial charge is 0.467 e. The molecule has 2 fully saturated rings. The van der Waals surface area contributed by atoms with E-state index in [9.17, 15) is 9.59 Å². The Morgan fingerprint density at radius 2 is 2.12 bits per heavy atom. The van der Waals surface area contributed by atoms with Crippen molar-refractivity contribution in [2.24, 2.45) is 5.92 Å². The second-order valence-electron chi connectivity index (χ2n) is 6.87. The van der Waals surface area contributed by atoms with Gasteiger partial charge in [0.15, 0.2) is 0 Å². The lowest BCUT2D eigenvalue weighted by Crippen LogP contribution is -2.47. The number of carbonyl (C=O) groups is 2. The van der Waals surface area contributed by atoms with E-state index in [0.29, 0.717) is 38.5 Å². The van der Waals surface area contributed by atoms with Crippen molar-refractivity contribution >= 4 is 23.2 Å². The second kappa shape index (κ2) is 7.04. The summed E-state index contributed by atoms with van der Waals surface area (Å²) in [7, 11) is 0. The third-order valence-electron chi connectivity index (χ3n) is 4.95. The Morgan fingerprint density at radius 3 is 2.80 bits per heavy atom. The van der Waals surface area contributed by atoms with Crippen LogP contribution in [0.5, 0.6) is 0 Å². The highest BCUT2D eigenvalue weighted by atomic mass is 32.1. The molecule has 2 aromatic heterocycles. The lowest BCUT2D eigenvalue weighted by atomic mass is 9.95. The molecule has 2 aliphatic rings. The maximum atomic E-state index is 13.2. The first-order valence-corrected chi connectivity index (χ1v) is 9.71. The molecule has 1 atom stereocenters. The number of piperidine rings is 1. The van der Waals surface area contributed by atoms with Crippen LogP contribution < -0.4 is 0 Å². The summed E-state index contributed by atoms with van der Waals surface area (Å²) in [4.78, 5) is 30.3. The highest BCUT2D eigenvalue weighted by molar-refractivity contribution is 7.09. The fraction of sp³-hybridized carbons (Fsp3) is 0.474. The molecule has 0 radical (unpaired) electrons. The van der Waals surface area contributed by atoms with E-state index >= 15 is 0 Å². The fourth-order valence-corrected chi connectivity index (χ4v) is 4.18. The molecular formula is C19H22N2O3S. The van der Waals surface area contributed by atoms with E-state index < -0.39 is 0 Å². The average Bonchev–Trinajstić information content (AvgIpc) is 3.08. The van der Waals surface area contributed by atoms with Gasteiger partial charge < -0.3 is 14.2 Å². The number of thiophene rings is 1. The summed E-state index contributed by atoms with van der Waals surface area (Å²) in [5.41, 5.74) is 0. The number of carbonyl (C=O) groups excluding carboxylic acids is 2. The number of hydrogen-bond donors (Lipinski definition) is 0. The molecule has 2 amide bonds. The summed E-state index contributed by atoms with van der Waals surface area (Å²) < 4.78 is 5.45. The molecule has 132 valence electrons. The smallest absolute Gasteiger partial charge is 0.228 e. The Balaban J connectivity index is 1.49. The number of rotatable bonds is 6. The molecule has 2 aromatic rings. The molecule has 3 heterocycles.